The number of hydrogen-bond donors (Lipinski definition) is 0. The van der Waals surface area contributed by atoms with Gasteiger partial charge in [0.15, 0.2) is 11.0 Å². The van der Waals surface area contributed by atoms with Crippen LogP contribution in [0.3, 0.4) is 0 Å². The van der Waals surface area contributed by atoms with E-state index in [1.807, 2.05) is 48.7 Å². The fourth-order valence-electron chi connectivity index (χ4n) is 2.61. The number of thioether (sulfide) groups is 1. The van der Waals surface area contributed by atoms with Crippen molar-refractivity contribution < 1.29 is 4.42 Å². The second-order valence-electron chi connectivity index (χ2n) is 5.74. The van der Waals surface area contributed by atoms with Gasteiger partial charge in [-0.25, -0.2) is 0 Å². The van der Waals surface area contributed by atoms with Crippen LogP contribution in [0.2, 0.25) is 5.02 Å². The Morgan fingerprint density at radius 1 is 1.19 bits per heavy atom. The lowest BCUT2D eigenvalue weighted by Crippen LogP contribution is -2.01. The van der Waals surface area contributed by atoms with Crippen molar-refractivity contribution in [3.63, 3.8) is 0 Å². The van der Waals surface area contributed by atoms with E-state index in [0.29, 0.717) is 16.8 Å². The highest BCUT2D eigenvalue weighted by atomic mass is 35.5. The molecular weight excluding hydrogens is 402 g/mol. The third kappa shape index (κ3) is 3.78. The minimum Gasteiger partial charge on any atom is -0.419 e. The van der Waals surface area contributed by atoms with E-state index in [1.54, 1.807) is 23.1 Å². The number of rotatable bonds is 6. The zero-order chi connectivity index (χ0) is 18.8. The molecule has 3 heterocycles. The summed E-state index contributed by atoms with van der Waals surface area (Å²) >= 11 is 9.23. The molecule has 0 spiro atoms. The van der Waals surface area contributed by atoms with Crippen LogP contribution in [0.15, 0.2) is 51.4 Å². The SMILES string of the molecule is CCn1c(SC(C)c2nnc(-c3cccs3)o2)nnc1-c1cccc(Cl)c1. The summed E-state index contributed by atoms with van der Waals surface area (Å²) in [4.78, 5) is 0.964. The molecule has 3 aromatic heterocycles. The van der Waals surface area contributed by atoms with Gasteiger partial charge < -0.3 is 8.98 Å². The van der Waals surface area contributed by atoms with E-state index in [4.69, 9.17) is 16.0 Å². The topological polar surface area (TPSA) is 69.6 Å². The first kappa shape index (κ1) is 18.2. The van der Waals surface area contributed by atoms with Crippen LogP contribution in [0.5, 0.6) is 0 Å². The molecule has 1 aromatic carbocycles. The van der Waals surface area contributed by atoms with Crippen LogP contribution in [0.25, 0.3) is 22.2 Å². The predicted molar refractivity (Wildman–Crippen MR) is 108 cm³/mol. The van der Waals surface area contributed by atoms with Gasteiger partial charge in [0.2, 0.25) is 5.89 Å². The molecule has 0 bridgehead atoms. The quantitative estimate of drug-likeness (QED) is 0.381. The third-order valence-corrected chi connectivity index (χ3v) is 6.08. The van der Waals surface area contributed by atoms with Gasteiger partial charge in [0.05, 0.1) is 10.1 Å². The molecule has 0 aliphatic rings. The molecule has 0 saturated carbocycles. The maximum absolute atomic E-state index is 6.12. The summed E-state index contributed by atoms with van der Waals surface area (Å²) in [5.74, 6) is 1.90. The van der Waals surface area contributed by atoms with Crippen molar-refractivity contribution in [1.29, 1.82) is 0 Å². The Balaban J connectivity index is 1.57. The van der Waals surface area contributed by atoms with Crippen molar-refractivity contribution in [1.82, 2.24) is 25.0 Å². The Bertz CT molecular complexity index is 1040. The van der Waals surface area contributed by atoms with Crippen LogP contribution >= 0.6 is 34.7 Å². The molecule has 4 rings (SSSR count). The van der Waals surface area contributed by atoms with Gasteiger partial charge in [-0.05, 0) is 37.4 Å². The Kier molecular flexibility index (Phi) is 5.29. The Morgan fingerprint density at radius 2 is 2.07 bits per heavy atom. The van der Waals surface area contributed by atoms with Gasteiger partial charge in [-0.15, -0.1) is 31.7 Å². The fraction of sp³-hybridized carbons (Fsp3) is 0.222. The molecule has 9 heteroatoms. The number of hydrogen-bond acceptors (Lipinski definition) is 7. The summed E-state index contributed by atoms with van der Waals surface area (Å²) in [5, 5.41) is 20.5. The second-order valence-corrected chi connectivity index (χ2v) is 8.44. The van der Waals surface area contributed by atoms with E-state index in [-0.39, 0.29) is 5.25 Å². The first-order valence-corrected chi connectivity index (χ1v) is 10.5. The molecule has 138 valence electrons. The van der Waals surface area contributed by atoms with Crippen LogP contribution in [0.1, 0.15) is 25.0 Å². The highest BCUT2D eigenvalue weighted by molar-refractivity contribution is 7.99. The minimum atomic E-state index is -0.0482. The monoisotopic (exact) mass is 417 g/mol. The number of thiophene rings is 1. The van der Waals surface area contributed by atoms with Crippen molar-refractivity contribution in [2.24, 2.45) is 0 Å². The molecule has 0 saturated heterocycles. The molecule has 0 amide bonds. The number of nitrogens with zero attached hydrogens (tertiary/aromatic N) is 5. The average Bonchev–Trinajstić information content (AvgIpc) is 3.41. The number of aromatic nitrogens is 5. The average molecular weight is 418 g/mol. The van der Waals surface area contributed by atoms with Gasteiger partial charge in [0, 0.05) is 17.1 Å². The van der Waals surface area contributed by atoms with E-state index in [1.165, 1.54) is 0 Å². The first-order chi connectivity index (χ1) is 13.2. The summed E-state index contributed by atoms with van der Waals surface area (Å²) < 4.78 is 7.89. The van der Waals surface area contributed by atoms with Crippen LogP contribution in [0.4, 0.5) is 0 Å². The Labute approximate surface area is 169 Å². The lowest BCUT2D eigenvalue weighted by molar-refractivity contribution is 0.509. The molecule has 6 nitrogen and oxygen atoms in total. The lowest BCUT2D eigenvalue weighted by Gasteiger charge is -2.09. The molecule has 27 heavy (non-hydrogen) atoms. The zero-order valence-electron chi connectivity index (χ0n) is 14.7. The van der Waals surface area contributed by atoms with Crippen molar-refractivity contribution in [3.05, 3.63) is 52.7 Å². The molecule has 1 atom stereocenters. The molecule has 0 N–H and O–H groups in total. The molecule has 0 aliphatic carbocycles. The van der Waals surface area contributed by atoms with E-state index < -0.39 is 0 Å². The van der Waals surface area contributed by atoms with Gasteiger partial charge in [-0.1, -0.05) is 41.6 Å². The van der Waals surface area contributed by atoms with Gasteiger partial charge in [-0.2, -0.15) is 0 Å². The van der Waals surface area contributed by atoms with Crippen LogP contribution in [-0.2, 0) is 6.54 Å². The van der Waals surface area contributed by atoms with Crippen molar-refractivity contribution in [3.8, 4) is 22.2 Å². The standard InChI is InChI=1S/C18H16ClN5OS2/c1-3-24-15(12-6-4-7-13(19)10-12)20-23-18(24)27-11(2)16-21-22-17(25-16)14-8-5-9-26-14/h4-11H,3H2,1-2H3. The lowest BCUT2D eigenvalue weighted by atomic mass is 10.2. The van der Waals surface area contributed by atoms with Crippen molar-refractivity contribution in [2.45, 2.75) is 30.8 Å². The molecule has 0 aliphatic heterocycles. The van der Waals surface area contributed by atoms with Gasteiger partial charge in [0.25, 0.3) is 5.89 Å². The first-order valence-electron chi connectivity index (χ1n) is 8.38. The Morgan fingerprint density at radius 3 is 2.81 bits per heavy atom. The molecular formula is C18H16ClN5OS2. The normalized spacial score (nSPS) is 12.4. The van der Waals surface area contributed by atoms with E-state index >= 15 is 0 Å². The van der Waals surface area contributed by atoms with Crippen LogP contribution < -0.4 is 0 Å². The van der Waals surface area contributed by atoms with Crippen LogP contribution in [0, 0.1) is 0 Å². The maximum Gasteiger partial charge on any atom is 0.257 e. The van der Waals surface area contributed by atoms with Crippen molar-refractivity contribution >= 4 is 34.7 Å². The maximum atomic E-state index is 6.12. The summed E-state index contributed by atoms with van der Waals surface area (Å²) in [5.41, 5.74) is 0.939. The highest BCUT2D eigenvalue weighted by Gasteiger charge is 2.21. The van der Waals surface area contributed by atoms with Gasteiger partial charge >= 0.3 is 0 Å². The van der Waals surface area contributed by atoms with Crippen LogP contribution in [-0.4, -0.2) is 25.0 Å². The summed E-state index contributed by atoms with van der Waals surface area (Å²) in [6, 6.07) is 11.5. The van der Waals surface area contributed by atoms with E-state index in [0.717, 1.165) is 28.0 Å². The summed E-state index contributed by atoms with van der Waals surface area (Å²) in [6.07, 6.45) is 0. The summed E-state index contributed by atoms with van der Waals surface area (Å²) in [6.45, 7) is 4.83. The molecule has 0 radical (unpaired) electrons. The number of benzene rings is 1. The third-order valence-electron chi connectivity index (χ3n) is 3.92. The van der Waals surface area contributed by atoms with E-state index in [9.17, 15) is 0 Å². The van der Waals surface area contributed by atoms with Gasteiger partial charge in [0.1, 0.15) is 0 Å². The fourth-order valence-corrected chi connectivity index (χ4v) is 4.39. The second kappa shape index (κ2) is 7.84. The smallest absolute Gasteiger partial charge is 0.257 e. The Hall–Kier alpha value is -2.16. The van der Waals surface area contributed by atoms with Gasteiger partial charge in [-0.3, -0.25) is 0 Å². The summed E-state index contributed by atoms with van der Waals surface area (Å²) in [7, 11) is 0. The molecule has 1 unspecified atom stereocenters. The molecule has 4 aromatic rings. The molecule has 0 fully saturated rings. The highest BCUT2D eigenvalue weighted by Crippen LogP contribution is 2.36. The zero-order valence-corrected chi connectivity index (χ0v) is 17.1. The number of halogens is 1. The van der Waals surface area contributed by atoms with Crippen molar-refractivity contribution in [2.75, 3.05) is 0 Å². The predicted octanol–water partition coefficient (Wildman–Crippen LogP) is 5.58. The largest absolute Gasteiger partial charge is 0.419 e. The minimum absolute atomic E-state index is 0.0482. The van der Waals surface area contributed by atoms with E-state index in [2.05, 4.69) is 31.9 Å².